The van der Waals surface area contributed by atoms with E-state index in [1.165, 1.54) is 0 Å². The van der Waals surface area contributed by atoms with E-state index in [9.17, 15) is 9.90 Å². The summed E-state index contributed by atoms with van der Waals surface area (Å²) < 4.78 is 5.57. The van der Waals surface area contributed by atoms with Gasteiger partial charge in [0.1, 0.15) is 5.75 Å². The largest absolute Gasteiger partial charge is 0.548 e. The van der Waals surface area contributed by atoms with Crippen molar-refractivity contribution >= 4 is 11.7 Å². The number of hydrogen-bond acceptors (Lipinski definition) is 5. The van der Waals surface area contributed by atoms with Crippen LogP contribution in [0.2, 0.25) is 0 Å². The highest BCUT2D eigenvalue weighted by molar-refractivity contribution is 5.78. The molecule has 0 radical (unpaired) electrons. The van der Waals surface area contributed by atoms with Gasteiger partial charge in [-0.05, 0) is 60.9 Å². The zero-order chi connectivity index (χ0) is 18.2. The smallest absolute Gasteiger partial charge is 0.119 e. The van der Waals surface area contributed by atoms with Crippen LogP contribution in [-0.2, 0) is 11.2 Å². The van der Waals surface area contributed by atoms with Gasteiger partial charge < -0.3 is 20.0 Å². The summed E-state index contributed by atoms with van der Waals surface area (Å²) in [6, 6.07) is 13.2. The first-order valence-electron chi connectivity index (χ1n) is 8.31. The SMILES string of the molecule is CCCc1cc(OCC)cc(C(Nc2ccc(C#N)cc2)C(=O)[O-])c1. The van der Waals surface area contributed by atoms with Crippen LogP contribution in [0.5, 0.6) is 5.75 Å². The fourth-order valence-corrected chi connectivity index (χ4v) is 2.62. The molecule has 0 aliphatic heterocycles. The second kappa shape index (κ2) is 8.74. The van der Waals surface area contributed by atoms with E-state index in [-0.39, 0.29) is 0 Å². The van der Waals surface area contributed by atoms with Gasteiger partial charge in [0.2, 0.25) is 0 Å². The Bertz CT molecular complexity index is 739. The van der Waals surface area contributed by atoms with Gasteiger partial charge in [-0.25, -0.2) is 0 Å². The predicted octanol–water partition coefficient (Wildman–Crippen LogP) is 2.81. The average molecular weight is 337 g/mol. The monoisotopic (exact) mass is 337 g/mol. The van der Waals surface area contributed by atoms with Crippen molar-refractivity contribution in [3.05, 3.63) is 59.2 Å². The minimum Gasteiger partial charge on any atom is -0.548 e. The van der Waals surface area contributed by atoms with Gasteiger partial charge >= 0.3 is 0 Å². The molecule has 0 amide bonds. The summed E-state index contributed by atoms with van der Waals surface area (Å²) in [6.07, 6.45) is 1.79. The van der Waals surface area contributed by atoms with Crippen LogP contribution in [0.15, 0.2) is 42.5 Å². The van der Waals surface area contributed by atoms with E-state index >= 15 is 0 Å². The maximum absolute atomic E-state index is 11.7. The zero-order valence-electron chi connectivity index (χ0n) is 14.4. The number of nitriles is 1. The Morgan fingerprint density at radius 1 is 1.24 bits per heavy atom. The van der Waals surface area contributed by atoms with E-state index in [1.807, 2.05) is 25.1 Å². The normalized spacial score (nSPS) is 11.4. The lowest BCUT2D eigenvalue weighted by atomic mass is 10.0. The molecular weight excluding hydrogens is 316 g/mol. The fourth-order valence-electron chi connectivity index (χ4n) is 2.62. The van der Waals surface area contributed by atoms with Crippen molar-refractivity contribution in [2.75, 3.05) is 11.9 Å². The number of anilines is 1. The zero-order valence-corrected chi connectivity index (χ0v) is 14.4. The van der Waals surface area contributed by atoms with Crippen LogP contribution in [0.1, 0.15) is 43.0 Å². The third kappa shape index (κ3) is 4.98. The predicted molar refractivity (Wildman–Crippen MR) is 94.1 cm³/mol. The molecule has 1 N–H and O–H groups in total. The molecule has 0 saturated heterocycles. The van der Waals surface area contributed by atoms with Crippen LogP contribution in [0.4, 0.5) is 5.69 Å². The second-order valence-electron chi connectivity index (χ2n) is 5.68. The molecule has 0 saturated carbocycles. The molecular formula is C20H21N2O3-. The number of aryl methyl sites for hydroxylation is 1. The number of carboxylic acids is 1. The lowest BCUT2D eigenvalue weighted by Crippen LogP contribution is -2.34. The third-order valence-corrected chi connectivity index (χ3v) is 3.73. The van der Waals surface area contributed by atoms with Crippen LogP contribution in [-0.4, -0.2) is 12.6 Å². The molecule has 25 heavy (non-hydrogen) atoms. The highest BCUT2D eigenvalue weighted by Gasteiger charge is 2.15. The number of nitrogens with zero attached hydrogens (tertiary/aromatic N) is 1. The number of carbonyl (C=O) groups excluding carboxylic acids is 1. The van der Waals surface area contributed by atoms with Gasteiger partial charge in [-0.15, -0.1) is 0 Å². The van der Waals surface area contributed by atoms with Crippen LogP contribution < -0.4 is 15.2 Å². The fraction of sp³-hybridized carbons (Fsp3) is 0.300. The number of carboxylic acid groups (broad SMARTS) is 1. The van der Waals surface area contributed by atoms with Crippen molar-refractivity contribution in [1.82, 2.24) is 0 Å². The summed E-state index contributed by atoms with van der Waals surface area (Å²) in [5, 5.41) is 23.5. The Hall–Kier alpha value is -3.00. The Kier molecular flexibility index (Phi) is 6.41. The number of rotatable bonds is 8. The van der Waals surface area contributed by atoms with Crippen LogP contribution in [0.25, 0.3) is 0 Å². The minimum absolute atomic E-state index is 0.508. The van der Waals surface area contributed by atoms with Crippen molar-refractivity contribution in [3.63, 3.8) is 0 Å². The Labute approximate surface area is 147 Å². The summed E-state index contributed by atoms with van der Waals surface area (Å²) in [5.74, 6) is -0.572. The molecule has 130 valence electrons. The molecule has 1 unspecified atom stereocenters. The van der Waals surface area contributed by atoms with Crippen LogP contribution in [0, 0.1) is 11.3 Å². The first-order valence-corrected chi connectivity index (χ1v) is 8.31. The van der Waals surface area contributed by atoms with Gasteiger partial charge in [-0.3, -0.25) is 0 Å². The van der Waals surface area contributed by atoms with E-state index < -0.39 is 12.0 Å². The van der Waals surface area contributed by atoms with Gasteiger partial charge in [0.15, 0.2) is 0 Å². The van der Waals surface area contributed by atoms with Crippen molar-refractivity contribution in [2.45, 2.75) is 32.7 Å². The van der Waals surface area contributed by atoms with Gasteiger partial charge in [0.25, 0.3) is 0 Å². The molecule has 0 aliphatic rings. The Morgan fingerprint density at radius 3 is 2.52 bits per heavy atom. The molecule has 0 spiro atoms. The summed E-state index contributed by atoms with van der Waals surface area (Å²) in [5.41, 5.74) is 2.72. The van der Waals surface area contributed by atoms with Gasteiger partial charge in [0.05, 0.1) is 30.3 Å². The molecule has 2 aromatic carbocycles. The lowest BCUT2D eigenvalue weighted by Gasteiger charge is -2.23. The van der Waals surface area contributed by atoms with Crippen molar-refractivity contribution in [2.24, 2.45) is 0 Å². The number of benzene rings is 2. The summed E-state index contributed by atoms with van der Waals surface area (Å²) >= 11 is 0. The second-order valence-corrected chi connectivity index (χ2v) is 5.68. The molecule has 0 heterocycles. The van der Waals surface area contributed by atoms with Gasteiger partial charge in [0, 0.05) is 5.69 Å². The lowest BCUT2D eigenvalue weighted by molar-refractivity contribution is -0.307. The first kappa shape index (κ1) is 18.3. The number of nitrogens with one attached hydrogen (secondary N) is 1. The summed E-state index contributed by atoms with van der Waals surface area (Å²) in [4.78, 5) is 11.7. The van der Waals surface area contributed by atoms with Crippen molar-refractivity contribution in [3.8, 4) is 11.8 Å². The number of carbonyl (C=O) groups is 1. The van der Waals surface area contributed by atoms with E-state index in [0.29, 0.717) is 29.2 Å². The van der Waals surface area contributed by atoms with Crippen LogP contribution in [0.3, 0.4) is 0 Å². The Balaban J connectivity index is 2.34. The highest BCUT2D eigenvalue weighted by Crippen LogP contribution is 2.26. The van der Waals surface area contributed by atoms with Gasteiger partial charge in [-0.2, -0.15) is 5.26 Å². The molecule has 0 aromatic heterocycles. The molecule has 5 heteroatoms. The third-order valence-electron chi connectivity index (χ3n) is 3.73. The highest BCUT2D eigenvalue weighted by atomic mass is 16.5. The van der Waals surface area contributed by atoms with Gasteiger partial charge in [-0.1, -0.05) is 19.4 Å². The standard InChI is InChI=1S/C20H22N2O3/c1-3-5-15-10-16(12-18(11-15)25-4-2)19(20(23)24)22-17-8-6-14(13-21)7-9-17/h6-12,19,22H,3-5H2,1-2H3,(H,23,24)/p-1. The van der Waals surface area contributed by atoms with Crippen molar-refractivity contribution in [1.29, 1.82) is 5.26 Å². The number of aliphatic carboxylic acids is 1. The quantitative estimate of drug-likeness (QED) is 0.800. The van der Waals surface area contributed by atoms with E-state index in [0.717, 1.165) is 18.4 Å². The maximum atomic E-state index is 11.7. The Morgan fingerprint density at radius 2 is 1.96 bits per heavy atom. The average Bonchev–Trinajstić information content (AvgIpc) is 2.60. The molecule has 1 atom stereocenters. The molecule has 0 bridgehead atoms. The first-order chi connectivity index (χ1) is 12.1. The van der Waals surface area contributed by atoms with E-state index in [2.05, 4.69) is 12.2 Å². The van der Waals surface area contributed by atoms with Crippen molar-refractivity contribution < 1.29 is 14.6 Å². The molecule has 0 fully saturated rings. The molecule has 5 nitrogen and oxygen atoms in total. The summed E-state index contributed by atoms with van der Waals surface area (Å²) in [6.45, 7) is 4.46. The minimum atomic E-state index is -1.22. The van der Waals surface area contributed by atoms with E-state index in [1.54, 1.807) is 30.3 Å². The molecule has 0 aliphatic carbocycles. The van der Waals surface area contributed by atoms with Crippen LogP contribution >= 0.6 is 0 Å². The topological polar surface area (TPSA) is 85.2 Å². The maximum Gasteiger partial charge on any atom is 0.119 e. The number of hydrogen-bond donors (Lipinski definition) is 1. The number of ether oxygens (including phenoxy) is 1. The summed E-state index contributed by atoms with van der Waals surface area (Å²) in [7, 11) is 0. The van der Waals surface area contributed by atoms with E-state index in [4.69, 9.17) is 10.00 Å². The molecule has 2 rings (SSSR count). The molecule has 2 aromatic rings.